The van der Waals surface area contributed by atoms with Gasteiger partial charge in [-0.15, -0.1) is 0 Å². The Hall–Kier alpha value is -2.44. The van der Waals surface area contributed by atoms with E-state index in [-0.39, 0.29) is 17.9 Å². The monoisotopic (exact) mass is 341 g/mol. The summed E-state index contributed by atoms with van der Waals surface area (Å²) in [5, 5.41) is 2.96. The summed E-state index contributed by atoms with van der Waals surface area (Å²) in [6.07, 6.45) is -3.87. The first-order chi connectivity index (χ1) is 11.2. The molecule has 0 amide bonds. The second kappa shape index (κ2) is 6.98. The second-order valence-electron chi connectivity index (χ2n) is 5.31. The zero-order valence-corrected chi connectivity index (χ0v) is 13.5. The first-order valence-electron chi connectivity index (χ1n) is 7.41. The number of halogens is 3. The number of hydrogen-bond donors (Lipinski definition) is 1. The molecule has 1 unspecified atom stereocenters. The lowest BCUT2D eigenvalue weighted by Crippen LogP contribution is -2.25. The van der Waals surface area contributed by atoms with Gasteiger partial charge in [-0.2, -0.15) is 13.2 Å². The van der Waals surface area contributed by atoms with Crippen LogP contribution in [0.3, 0.4) is 0 Å². The highest BCUT2D eigenvalue weighted by Crippen LogP contribution is 2.40. The van der Waals surface area contributed by atoms with Crippen molar-refractivity contribution in [1.29, 1.82) is 0 Å². The van der Waals surface area contributed by atoms with Crippen molar-refractivity contribution in [2.75, 3.05) is 6.61 Å². The zero-order chi connectivity index (χ0) is 17.9. The molecule has 0 spiro atoms. The van der Waals surface area contributed by atoms with Crippen molar-refractivity contribution in [2.45, 2.75) is 32.9 Å². The molecule has 0 aromatic heterocycles. The molecule has 0 fully saturated rings. The molecule has 1 atom stereocenters. The maximum absolute atomic E-state index is 13.3. The van der Waals surface area contributed by atoms with Gasteiger partial charge in [-0.1, -0.05) is 24.3 Å². The first-order valence-corrected chi connectivity index (χ1v) is 7.41. The van der Waals surface area contributed by atoms with E-state index >= 15 is 0 Å². The third-order valence-electron chi connectivity index (χ3n) is 3.51. The average molecular weight is 341 g/mol. The van der Waals surface area contributed by atoms with Crippen LogP contribution < -0.4 is 5.32 Å². The Morgan fingerprint density at radius 1 is 1.25 bits per heavy atom. The van der Waals surface area contributed by atoms with E-state index in [1.54, 1.807) is 26.8 Å². The molecule has 2 rings (SSSR count). The fourth-order valence-electron chi connectivity index (χ4n) is 2.59. The lowest BCUT2D eigenvalue weighted by Gasteiger charge is -2.27. The van der Waals surface area contributed by atoms with Crippen molar-refractivity contribution in [2.24, 2.45) is 0 Å². The van der Waals surface area contributed by atoms with Gasteiger partial charge >= 0.3 is 12.3 Å². The van der Waals surface area contributed by atoms with Crippen LogP contribution in [-0.2, 0) is 15.7 Å². The van der Waals surface area contributed by atoms with Gasteiger partial charge in [0.25, 0.3) is 0 Å². The number of ether oxygens (including phenoxy) is 2. The van der Waals surface area contributed by atoms with Crippen LogP contribution in [0.25, 0.3) is 0 Å². The van der Waals surface area contributed by atoms with Crippen LogP contribution in [0.15, 0.2) is 47.5 Å². The highest BCUT2D eigenvalue weighted by molar-refractivity contribution is 5.62. The van der Waals surface area contributed by atoms with E-state index < -0.39 is 23.8 Å². The molecule has 1 heterocycles. The molecule has 0 saturated carbocycles. The third kappa shape index (κ3) is 3.90. The summed E-state index contributed by atoms with van der Waals surface area (Å²) in [6, 6.07) is 5.24. The minimum Gasteiger partial charge on any atom is -0.434 e. The predicted octanol–water partition coefficient (Wildman–Crippen LogP) is 4.70. The van der Waals surface area contributed by atoms with Crippen molar-refractivity contribution in [3.63, 3.8) is 0 Å². The van der Waals surface area contributed by atoms with Gasteiger partial charge in [0.05, 0.1) is 23.8 Å². The third-order valence-corrected chi connectivity index (χ3v) is 3.51. The van der Waals surface area contributed by atoms with E-state index in [0.29, 0.717) is 11.4 Å². The minimum atomic E-state index is -4.51. The molecule has 0 radical (unpaired) electrons. The van der Waals surface area contributed by atoms with E-state index in [1.165, 1.54) is 18.2 Å². The molecule has 4 nitrogen and oxygen atoms in total. The lowest BCUT2D eigenvalue weighted by atomic mass is 9.89. The molecular formula is C17H18F3NO3. The fraction of sp³-hybridized carbons (Fsp3) is 0.353. The normalized spacial score (nSPS) is 17.9. The Morgan fingerprint density at radius 3 is 2.54 bits per heavy atom. The number of hydrogen-bond acceptors (Lipinski definition) is 4. The molecule has 24 heavy (non-hydrogen) atoms. The number of carbonyl (C=O) groups is 1. The van der Waals surface area contributed by atoms with E-state index in [2.05, 4.69) is 5.32 Å². The SMILES string of the molecule is CCOC(=O)OC1=C(C)NC(C)=CC1c1ccccc1C(F)(F)F. The van der Waals surface area contributed by atoms with Crippen molar-refractivity contribution in [3.8, 4) is 0 Å². The largest absolute Gasteiger partial charge is 0.513 e. The maximum atomic E-state index is 13.3. The molecule has 0 saturated heterocycles. The summed E-state index contributed by atoms with van der Waals surface area (Å²) in [5.41, 5.74) is 0.388. The van der Waals surface area contributed by atoms with Gasteiger partial charge in [0.15, 0.2) is 0 Å². The second-order valence-corrected chi connectivity index (χ2v) is 5.31. The minimum absolute atomic E-state index is 0.0181. The topological polar surface area (TPSA) is 47.6 Å². The van der Waals surface area contributed by atoms with E-state index in [9.17, 15) is 18.0 Å². The van der Waals surface area contributed by atoms with Crippen LogP contribution in [0, 0.1) is 0 Å². The van der Waals surface area contributed by atoms with Crippen molar-refractivity contribution >= 4 is 6.16 Å². The number of dihydropyridines is 1. The summed E-state index contributed by atoms with van der Waals surface area (Å²) in [4.78, 5) is 11.6. The number of carbonyl (C=O) groups excluding carboxylic acids is 1. The highest BCUT2D eigenvalue weighted by atomic mass is 19.4. The average Bonchev–Trinajstić information content (AvgIpc) is 2.49. The number of rotatable bonds is 3. The molecule has 1 aromatic carbocycles. The van der Waals surface area contributed by atoms with Gasteiger partial charge in [-0.25, -0.2) is 4.79 Å². The van der Waals surface area contributed by atoms with Crippen LogP contribution in [0.4, 0.5) is 18.0 Å². The standard InChI is InChI=1S/C17H18F3NO3/c1-4-23-16(22)24-15-11(3)21-10(2)9-13(15)12-7-5-6-8-14(12)17(18,19)20/h5-9,13,21H,4H2,1-3H3. The Labute approximate surface area is 137 Å². The predicted molar refractivity (Wildman–Crippen MR) is 81.9 cm³/mol. The van der Waals surface area contributed by atoms with Crippen LogP contribution in [0.5, 0.6) is 0 Å². The molecular weight excluding hydrogens is 323 g/mol. The number of benzene rings is 1. The van der Waals surface area contributed by atoms with Gasteiger partial charge < -0.3 is 14.8 Å². The van der Waals surface area contributed by atoms with E-state index in [1.807, 2.05) is 0 Å². The van der Waals surface area contributed by atoms with Crippen molar-refractivity contribution in [1.82, 2.24) is 5.32 Å². The zero-order valence-electron chi connectivity index (χ0n) is 13.5. The quantitative estimate of drug-likeness (QED) is 0.810. The van der Waals surface area contributed by atoms with Gasteiger partial charge in [0.1, 0.15) is 5.76 Å². The molecule has 1 aromatic rings. The van der Waals surface area contributed by atoms with Crippen molar-refractivity contribution in [3.05, 3.63) is 58.6 Å². The molecule has 1 N–H and O–H groups in total. The van der Waals surface area contributed by atoms with Crippen LogP contribution in [0.1, 0.15) is 37.8 Å². The van der Waals surface area contributed by atoms with E-state index in [4.69, 9.17) is 9.47 Å². The van der Waals surface area contributed by atoms with Crippen LogP contribution in [-0.4, -0.2) is 12.8 Å². The molecule has 7 heteroatoms. The molecule has 0 bridgehead atoms. The summed E-state index contributed by atoms with van der Waals surface area (Å²) in [6.45, 7) is 5.08. The van der Waals surface area contributed by atoms with Crippen LogP contribution in [0.2, 0.25) is 0 Å². The summed E-state index contributed by atoms with van der Waals surface area (Å²) < 4.78 is 49.9. The van der Waals surface area contributed by atoms with Crippen molar-refractivity contribution < 1.29 is 27.4 Å². The number of alkyl halides is 3. The van der Waals surface area contributed by atoms with E-state index in [0.717, 1.165) is 6.07 Å². The maximum Gasteiger partial charge on any atom is 0.513 e. The summed E-state index contributed by atoms with van der Waals surface area (Å²) in [5.74, 6) is -0.746. The fourth-order valence-corrected chi connectivity index (χ4v) is 2.59. The lowest BCUT2D eigenvalue weighted by molar-refractivity contribution is -0.138. The Balaban J connectivity index is 2.49. The Bertz CT molecular complexity index is 693. The Kier molecular flexibility index (Phi) is 5.21. The molecule has 1 aliphatic rings. The first kappa shape index (κ1) is 17.9. The number of allylic oxidation sites excluding steroid dienone is 3. The van der Waals surface area contributed by atoms with Gasteiger partial charge in [-0.05, 0) is 32.4 Å². The Morgan fingerprint density at radius 2 is 1.92 bits per heavy atom. The summed E-state index contributed by atoms with van der Waals surface area (Å²) in [7, 11) is 0. The van der Waals surface area contributed by atoms with Crippen LogP contribution >= 0.6 is 0 Å². The molecule has 1 aliphatic heterocycles. The number of nitrogens with one attached hydrogen (secondary N) is 1. The smallest absolute Gasteiger partial charge is 0.434 e. The van der Waals surface area contributed by atoms with Gasteiger partial charge in [0.2, 0.25) is 0 Å². The summed E-state index contributed by atoms with van der Waals surface area (Å²) >= 11 is 0. The van der Waals surface area contributed by atoms with Gasteiger partial charge in [0, 0.05) is 5.70 Å². The molecule has 0 aliphatic carbocycles. The highest BCUT2D eigenvalue weighted by Gasteiger charge is 2.37. The van der Waals surface area contributed by atoms with Gasteiger partial charge in [-0.3, -0.25) is 0 Å². The molecule has 130 valence electrons.